The number of halogens is 3. The number of hydrogen-bond acceptors (Lipinski definition) is 4. The Morgan fingerprint density at radius 3 is 2.42 bits per heavy atom. The highest BCUT2D eigenvalue weighted by Crippen LogP contribution is 2.28. The third-order valence-electron chi connectivity index (χ3n) is 3.32. The van der Waals surface area contributed by atoms with Gasteiger partial charge in [0, 0.05) is 5.02 Å². The lowest BCUT2D eigenvalue weighted by Crippen LogP contribution is -2.35. The predicted molar refractivity (Wildman–Crippen MR) is 97.1 cm³/mol. The molecule has 26 heavy (non-hydrogen) atoms. The van der Waals surface area contributed by atoms with Crippen molar-refractivity contribution in [1.29, 1.82) is 0 Å². The second kappa shape index (κ2) is 8.87. The summed E-state index contributed by atoms with van der Waals surface area (Å²) in [5.74, 6) is -1.77. The largest absolute Gasteiger partial charge is 0.477 e. The average molecular weight is 400 g/mol. The number of anilines is 1. The van der Waals surface area contributed by atoms with E-state index in [1.807, 2.05) is 0 Å². The number of ether oxygens (including phenoxy) is 2. The first-order valence-corrected chi connectivity index (χ1v) is 8.41. The Morgan fingerprint density at radius 2 is 1.77 bits per heavy atom. The van der Waals surface area contributed by atoms with Gasteiger partial charge in [0.1, 0.15) is 11.6 Å². The molecule has 0 aromatic heterocycles. The van der Waals surface area contributed by atoms with Gasteiger partial charge in [-0.2, -0.15) is 0 Å². The minimum Gasteiger partial charge on any atom is -0.477 e. The van der Waals surface area contributed by atoms with Crippen LogP contribution in [0.1, 0.15) is 13.8 Å². The molecule has 0 heterocycles. The van der Waals surface area contributed by atoms with Crippen molar-refractivity contribution in [3.63, 3.8) is 0 Å². The normalized spacial score (nSPS) is 12.8. The van der Waals surface area contributed by atoms with Crippen molar-refractivity contribution in [2.24, 2.45) is 0 Å². The fourth-order valence-corrected chi connectivity index (χ4v) is 2.38. The van der Waals surface area contributed by atoms with E-state index in [2.05, 4.69) is 5.32 Å². The minimum atomic E-state index is -1.14. The molecule has 0 bridgehead atoms. The Bertz CT molecular complexity index is 816. The highest BCUT2D eigenvalue weighted by Gasteiger charge is 2.24. The van der Waals surface area contributed by atoms with Gasteiger partial charge >= 0.3 is 5.97 Å². The molecule has 1 N–H and O–H groups in total. The molecule has 2 aromatic carbocycles. The van der Waals surface area contributed by atoms with E-state index in [1.54, 1.807) is 12.1 Å². The van der Waals surface area contributed by atoms with Crippen molar-refractivity contribution in [2.45, 2.75) is 26.1 Å². The molecule has 0 saturated heterocycles. The standard InChI is InChI=1S/C18H16Cl2FNO4/c1-10(17(23)22-15-6-4-3-5-14(15)21)26-18(24)11(2)25-16-8-7-12(19)9-13(16)20/h3-11H,1-2H3,(H,22,23)/t10-,11-/m1/s1. The predicted octanol–water partition coefficient (Wildman–Crippen LogP) is 4.47. The Balaban J connectivity index is 1.93. The SMILES string of the molecule is C[C@@H](OC(=O)[C@@H](C)Oc1ccc(Cl)cc1Cl)C(=O)Nc1ccccc1F. The molecule has 5 nitrogen and oxygen atoms in total. The number of nitrogens with one attached hydrogen (secondary N) is 1. The molecule has 138 valence electrons. The first kappa shape index (κ1) is 20.0. The van der Waals surface area contributed by atoms with Gasteiger partial charge in [0.15, 0.2) is 12.2 Å². The maximum atomic E-state index is 13.5. The second-order valence-electron chi connectivity index (χ2n) is 5.38. The molecule has 1 amide bonds. The van der Waals surface area contributed by atoms with Crippen molar-refractivity contribution < 1.29 is 23.5 Å². The maximum Gasteiger partial charge on any atom is 0.347 e. The first-order valence-electron chi connectivity index (χ1n) is 7.65. The van der Waals surface area contributed by atoms with E-state index in [9.17, 15) is 14.0 Å². The number of rotatable bonds is 6. The van der Waals surface area contributed by atoms with E-state index >= 15 is 0 Å². The van der Waals surface area contributed by atoms with Crippen molar-refractivity contribution in [3.05, 3.63) is 58.3 Å². The lowest BCUT2D eigenvalue weighted by atomic mass is 10.3. The number of carbonyl (C=O) groups excluding carboxylic acids is 2. The topological polar surface area (TPSA) is 64.6 Å². The monoisotopic (exact) mass is 399 g/mol. The van der Waals surface area contributed by atoms with Gasteiger partial charge in [0.05, 0.1) is 10.7 Å². The number of hydrogen-bond donors (Lipinski definition) is 1. The summed E-state index contributed by atoms with van der Waals surface area (Å²) in [4.78, 5) is 24.1. The fraction of sp³-hybridized carbons (Fsp3) is 0.222. The third-order valence-corrected chi connectivity index (χ3v) is 3.85. The molecule has 0 saturated carbocycles. The van der Waals surface area contributed by atoms with E-state index in [0.717, 1.165) is 0 Å². The van der Waals surface area contributed by atoms with Gasteiger partial charge in [-0.3, -0.25) is 4.79 Å². The zero-order valence-corrected chi connectivity index (χ0v) is 15.5. The Morgan fingerprint density at radius 1 is 1.08 bits per heavy atom. The van der Waals surface area contributed by atoms with Crippen LogP contribution < -0.4 is 10.1 Å². The van der Waals surface area contributed by atoms with Crippen LogP contribution in [-0.2, 0) is 14.3 Å². The molecule has 2 atom stereocenters. The van der Waals surface area contributed by atoms with E-state index < -0.39 is 29.9 Å². The van der Waals surface area contributed by atoms with Crippen molar-refractivity contribution in [2.75, 3.05) is 5.32 Å². The molecular weight excluding hydrogens is 384 g/mol. The Labute approximate surface area is 160 Å². The number of para-hydroxylation sites is 1. The van der Waals surface area contributed by atoms with Gasteiger partial charge in [0.25, 0.3) is 5.91 Å². The van der Waals surface area contributed by atoms with Crippen LogP contribution in [0.25, 0.3) is 0 Å². The minimum absolute atomic E-state index is 0.00218. The van der Waals surface area contributed by atoms with Crippen LogP contribution in [-0.4, -0.2) is 24.1 Å². The summed E-state index contributed by atoms with van der Waals surface area (Å²) in [5.41, 5.74) is -0.00218. The summed E-state index contributed by atoms with van der Waals surface area (Å²) in [5, 5.41) is 3.02. The molecule has 0 spiro atoms. The summed E-state index contributed by atoms with van der Waals surface area (Å²) in [6, 6.07) is 10.2. The molecule has 0 aliphatic rings. The number of esters is 1. The molecule has 0 aliphatic heterocycles. The summed E-state index contributed by atoms with van der Waals surface area (Å²) >= 11 is 11.8. The first-order chi connectivity index (χ1) is 12.3. The number of carbonyl (C=O) groups is 2. The molecule has 0 unspecified atom stereocenters. The highest BCUT2D eigenvalue weighted by atomic mass is 35.5. The number of benzene rings is 2. The van der Waals surface area contributed by atoms with E-state index in [1.165, 1.54) is 44.2 Å². The lowest BCUT2D eigenvalue weighted by molar-refractivity contribution is -0.159. The smallest absolute Gasteiger partial charge is 0.347 e. The second-order valence-corrected chi connectivity index (χ2v) is 6.23. The molecule has 2 aromatic rings. The van der Waals surface area contributed by atoms with Crippen LogP contribution in [0.5, 0.6) is 5.75 Å². The maximum absolute atomic E-state index is 13.5. The third kappa shape index (κ3) is 5.34. The van der Waals surface area contributed by atoms with Crippen LogP contribution in [0, 0.1) is 5.82 Å². The molecular formula is C18H16Cl2FNO4. The molecule has 2 rings (SSSR count). The quantitative estimate of drug-likeness (QED) is 0.727. The van der Waals surface area contributed by atoms with Gasteiger partial charge in [0.2, 0.25) is 0 Å². The average Bonchev–Trinajstić information content (AvgIpc) is 2.59. The molecule has 8 heteroatoms. The van der Waals surface area contributed by atoms with Gasteiger partial charge in [-0.05, 0) is 44.2 Å². The molecule has 0 radical (unpaired) electrons. The van der Waals surface area contributed by atoms with Crippen LogP contribution in [0.4, 0.5) is 10.1 Å². The van der Waals surface area contributed by atoms with Crippen LogP contribution >= 0.6 is 23.2 Å². The van der Waals surface area contributed by atoms with E-state index in [0.29, 0.717) is 5.02 Å². The lowest BCUT2D eigenvalue weighted by Gasteiger charge is -2.18. The zero-order valence-electron chi connectivity index (χ0n) is 14.0. The van der Waals surface area contributed by atoms with Crippen molar-refractivity contribution >= 4 is 40.8 Å². The van der Waals surface area contributed by atoms with Crippen LogP contribution in [0.15, 0.2) is 42.5 Å². The fourth-order valence-electron chi connectivity index (χ4n) is 1.93. The van der Waals surface area contributed by atoms with Crippen molar-refractivity contribution in [3.8, 4) is 5.75 Å². The van der Waals surface area contributed by atoms with Gasteiger partial charge in [-0.1, -0.05) is 35.3 Å². The molecule has 0 aliphatic carbocycles. The zero-order chi connectivity index (χ0) is 19.3. The Kier molecular flexibility index (Phi) is 6.83. The van der Waals surface area contributed by atoms with Crippen LogP contribution in [0.2, 0.25) is 10.0 Å². The van der Waals surface area contributed by atoms with Crippen LogP contribution in [0.3, 0.4) is 0 Å². The van der Waals surface area contributed by atoms with E-state index in [-0.39, 0.29) is 16.5 Å². The highest BCUT2D eigenvalue weighted by molar-refractivity contribution is 6.35. The van der Waals surface area contributed by atoms with E-state index in [4.69, 9.17) is 32.7 Å². The van der Waals surface area contributed by atoms with Gasteiger partial charge < -0.3 is 14.8 Å². The van der Waals surface area contributed by atoms with Crippen molar-refractivity contribution in [1.82, 2.24) is 0 Å². The van der Waals surface area contributed by atoms with Gasteiger partial charge in [-0.25, -0.2) is 9.18 Å². The summed E-state index contributed by atoms with van der Waals surface area (Å²) in [6.07, 6.45) is -2.16. The molecule has 0 fully saturated rings. The Hall–Kier alpha value is -2.31. The number of amides is 1. The van der Waals surface area contributed by atoms with Gasteiger partial charge in [-0.15, -0.1) is 0 Å². The summed E-state index contributed by atoms with van der Waals surface area (Å²) in [7, 11) is 0. The summed E-state index contributed by atoms with van der Waals surface area (Å²) < 4.78 is 24.0. The summed E-state index contributed by atoms with van der Waals surface area (Å²) in [6.45, 7) is 2.82.